The first-order chi connectivity index (χ1) is 35.0. The van der Waals surface area contributed by atoms with Gasteiger partial charge in [0.05, 0.1) is 22.1 Å². The number of phenolic OH excluding ortho intramolecular Hbond substituents is 14. The first kappa shape index (κ1) is 48.5. The molecule has 0 saturated carbocycles. The molecule has 24 nitrogen and oxygen atoms in total. The quantitative estimate of drug-likeness (QED) is 0.0551. The van der Waals surface area contributed by atoms with E-state index in [0.29, 0.717) is 0 Å². The van der Waals surface area contributed by atoms with E-state index in [1.807, 2.05) is 0 Å². The third-order valence-electron chi connectivity index (χ3n) is 12.0. The van der Waals surface area contributed by atoms with E-state index in [9.17, 15) is 95.8 Å². The van der Waals surface area contributed by atoms with Gasteiger partial charge in [-0.1, -0.05) is 0 Å². The van der Waals surface area contributed by atoms with Gasteiger partial charge in [0.25, 0.3) is 0 Å². The van der Waals surface area contributed by atoms with Crippen LogP contribution in [0.25, 0.3) is 10.8 Å². The second kappa shape index (κ2) is 18.0. The molecule has 0 bridgehead atoms. The minimum atomic E-state index is -1.82. The summed E-state index contributed by atoms with van der Waals surface area (Å²) < 4.78 is 29.7. The lowest BCUT2D eigenvalue weighted by atomic mass is 9.89. The predicted octanol–water partition coefficient (Wildman–Crippen LogP) is 4.81. The number of ether oxygens (including phenoxy) is 5. The fourth-order valence-corrected chi connectivity index (χ4v) is 8.50. The van der Waals surface area contributed by atoms with Crippen molar-refractivity contribution in [1.29, 1.82) is 0 Å². The molecule has 4 atom stereocenters. The highest BCUT2D eigenvalue weighted by Gasteiger charge is 2.41. The Morgan fingerprint density at radius 2 is 0.865 bits per heavy atom. The van der Waals surface area contributed by atoms with Gasteiger partial charge < -0.3 is 100 Å². The van der Waals surface area contributed by atoms with Gasteiger partial charge >= 0.3 is 17.9 Å². The summed E-state index contributed by atoms with van der Waals surface area (Å²) in [6.07, 6.45) is -7.91. The minimum Gasteiger partial charge on any atom is -0.508 e. The Kier molecular flexibility index (Phi) is 11.8. The van der Waals surface area contributed by atoms with Crippen LogP contribution in [0, 0.1) is 0 Å². The maximum absolute atomic E-state index is 14.2. The van der Waals surface area contributed by atoms with E-state index in [-0.39, 0.29) is 33.8 Å². The predicted molar refractivity (Wildman–Crippen MR) is 245 cm³/mol. The van der Waals surface area contributed by atoms with Gasteiger partial charge in [-0.3, -0.25) is 4.79 Å². The number of aromatic hydroxyl groups is 15. The third kappa shape index (κ3) is 8.62. The van der Waals surface area contributed by atoms with Crippen LogP contribution in [-0.4, -0.2) is 107 Å². The Hall–Kier alpha value is -10.5. The fourth-order valence-electron chi connectivity index (χ4n) is 8.50. The number of hydrogen-bond acceptors (Lipinski definition) is 24. The second-order valence-electron chi connectivity index (χ2n) is 16.8. The molecule has 74 heavy (non-hydrogen) atoms. The van der Waals surface area contributed by atoms with Crippen LogP contribution in [0.5, 0.6) is 103 Å². The molecule has 24 heteroatoms. The number of hydrogen-bond donors (Lipinski definition) is 15. The largest absolute Gasteiger partial charge is 0.508 e. The molecule has 0 fully saturated rings. The molecule has 0 radical (unpaired) electrons. The van der Waals surface area contributed by atoms with Crippen molar-refractivity contribution in [3.63, 3.8) is 0 Å². The van der Waals surface area contributed by atoms with Crippen LogP contribution in [0.1, 0.15) is 65.5 Å². The Morgan fingerprint density at radius 3 is 1.39 bits per heavy atom. The molecule has 9 rings (SSSR count). The summed E-state index contributed by atoms with van der Waals surface area (Å²) in [5.74, 6) is -18.4. The van der Waals surface area contributed by atoms with Crippen molar-refractivity contribution in [2.24, 2.45) is 0 Å². The summed E-state index contributed by atoms with van der Waals surface area (Å²) in [7, 11) is 0. The summed E-state index contributed by atoms with van der Waals surface area (Å²) in [4.78, 5) is 55.2. The average molecular weight is 1020 g/mol. The number of rotatable bonds is 8. The van der Waals surface area contributed by atoms with E-state index in [2.05, 4.69) is 0 Å². The van der Waals surface area contributed by atoms with Gasteiger partial charge in [0, 0.05) is 59.4 Å². The molecule has 380 valence electrons. The van der Waals surface area contributed by atoms with Crippen LogP contribution >= 0.6 is 0 Å². The Balaban J connectivity index is 1.22. The highest BCUT2D eigenvalue weighted by atomic mass is 16.6. The van der Waals surface area contributed by atoms with Crippen molar-refractivity contribution < 1.29 is 115 Å². The summed E-state index contributed by atoms with van der Waals surface area (Å²) >= 11 is 0. The zero-order valence-electron chi connectivity index (χ0n) is 37.1. The van der Waals surface area contributed by atoms with E-state index >= 15 is 0 Å². The van der Waals surface area contributed by atoms with Crippen molar-refractivity contribution in [3.8, 4) is 103 Å². The molecule has 7 aromatic rings. The van der Waals surface area contributed by atoms with Gasteiger partial charge in [0.15, 0.2) is 81.2 Å². The van der Waals surface area contributed by atoms with E-state index in [1.54, 1.807) is 0 Å². The second-order valence-corrected chi connectivity index (χ2v) is 16.8. The molecule has 7 aromatic carbocycles. The topological polar surface area (TPSA) is 418 Å². The molecule has 0 aromatic heterocycles. The molecule has 15 N–H and O–H groups in total. The summed E-state index contributed by atoms with van der Waals surface area (Å²) in [6.45, 7) is 0. The molecule has 2 aliphatic heterocycles. The van der Waals surface area contributed by atoms with Crippen LogP contribution in [0.3, 0.4) is 0 Å². The number of benzene rings is 6. The van der Waals surface area contributed by atoms with Crippen LogP contribution in [0.4, 0.5) is 0 Å². The highest BCUT2D eigenvalue weighted by molar-refractivity contribution is 5.96. The number of fused-ring (bicyclic) bond motifs is 3. The first-order valence-electron chi connectivity index (χ1n) is 21.4. The Labute approximate surface area is 411 Å². The van der Waals surface area contributed by atoms with Crippen molar-refractivity contribution in [1.82, 2.24) is 0 Å². The fraction of sp³-hybridized carbons (Fsp3) is 0.120. The van der Waals surface area contributed by atoms with Crippen molar-refractivity contribution in [2.75, 3.05) is 0 Å². The lowest BCUT2D eigenvalue weighted by molar-refractivity contribution is -0.0194. The SMILES string of the molecule is O=C(Oc1cc(O)cc2c1CC(OC(=O)c1cc(O)c(O)c(O)c1)C(c1cc(O)c(O)c3c(=O)c(O)cc(C4Oc5cc(O)cc(O)c5CC4OC(=O)c4cc(O)c(O)c(O)c4)cc13)O2)c1cc(O)c(O)c(O)c1. The van der Waals surface area contributed by atoms with Crippen molar-refractivity contribution >= 4 is 28.7 Å². The van der Waals surface area contributed by atoms with Crippen molar-refractivity contribution in [2.45, 2.75) is 37.3 Å². The zero-order chi connectivity index (χ0) is 53.3. The number of phenols is 14. The average Bonchev–Trinajstić information content (AvgIpc) is 3.47. The first-order valence-corrected chi connectivity index (χ1v) is 21.4. The summed E-state index contributed by atoms with van der Waals surface area (Å²) in [5, 5.41) is 155. The monoisotopic (exact) mass is 1020 g/mol. The van der Waals surface area contributed by atoms with E-state index in [4.69, 9.17) is 23.7 Å². The van der Waals surface area contributed by atoms with Gasteiger partial charge in [0.2, 0.25) is 5.43 Å². The number of carbonyl (C=O) groups is 3. The Bertz CT molecular complexity index is 3560. The maximum Gasteiger partial charge on any atom is 0.343 e. The molecule has 2 heterocycles. The molecular weight excluding hydrogens is 985 g/mol. The van der Waals surface area contributed by atoms with Gasteiger partial charge in [-0.15, -0.1) is 0 Å². The third-order valence-corrected chi connectivity index (χ3v) is 12.0. The van der Waals surface area contributed by atoms with E-state index in [0.717, 1.165) is 78.9 Å². The van der Waals surface area contributed by atoms with E-state index < -0.39 is 180 Å². The van der Waals surface area contributed by atoms with Gasteiger partial charge in [0.1, 0.15) is 46.7 Å². The summed E-state index contributed by atoms with van der Waals surface area (Å²) in [5.41, 5.74) is -3.79. The minimum absolute atomic E-state index is 0.0303. The molecule has 2 aliphatic rings. The maximum atomic E-state index is 14.2. The van der Waals surface area contributed by atoms with Crippen molar-refractivity contribution in [3.05, 3.63) is 128 Å². The van der Waals surface area contributed by atoms with Crippen LogP contribution in [0.15, 0.2) is 83.7 Å². The number of esters is 3. The number of carbonyl (C=O) groups excluding carboxylic acids is 3. The van der Waals surface area contributed by atoms with Crippen LogP contribution < -0.4 is 19.6 Å². The molecule has 0 spiro atoms. The van der Waals surface area contributed by atoms with Crippen LogP contribution in [0.2, 0.25) is 0 Å². The molecule has 0 saturated heterocycles. The smallest absolute Gasteiger partial charge is 0.343 e. The molecule has 0 aliphatic carbocycles. The van der Waals surface area contributed by atoms with Gasteiger partial charge in [-0.25, -0.2) is 14.4 Å². The standard InChI is InChI=1S/C50H36O24/c51-20-9-26(53)24-14-38(73-49(68)18-5-29(56)42(63)30(57)6-18)46(70-35(24)10-20)16-1-22-23(13-34(61)45(66)40(22)44(65)33(60)2-16)47-39(74-50(69)19-7-31(58)43(64)32(59)8-19)15-25-36(71-47)11-21(52)12-37(25)72-48(67)17-3-27(54)41(62)28(55)4-17/h1-13,38-39,46-47,51-59,61-64,66H,14-15H2,(H,60,65). The Morgan fingerprint density at radius 1 is 0.432 bits per heavy atom. The highest BCUT2D eigenvalue weighted by Crippen LogP contribution is 2.50. The molecular formula is C50H36O24. The summed E-state index contributed by atoms with van der Waals surface area (Å²) in [6, 6.07) is 11.2. The van der Waals surface area contributed by atoms with E-state index in [1.165, 1.54) is 0 Å². The van der Waals surface area contributed by atoms with Gasteiger partial charge in [-0.2, -0.15) is 0 Å². The van der Waals surface area contributed by atoms with Crippen LogP contribution in [-0.2, 0) is 22.3 Å². The molecule has 4 unspecified atom stereocenters. The molecule has 0 amide bonds. The lowest BCUT2D eigenvalue weighted by Crippen LogP contribution is -2.35. The van der Waals surface area contributed by atoms with Gasteiger partial charge in [-0.05, 0) is 60.0 Å². The normalized spacial score (nSPS) is 16.7. The lowest BCUT2D eigenvalue weighted by Gasteiger charge is -2.35. The zero-order valence-corrected chi connectivity index (χ0v) is 37.1.